The van der Waals surface area contributed by atoms with Crippen molar-refractivity contribution in [2.24, 2.45) is 0 Å². The van der Waals surface area contributed by atoms with Crippen LogP contribution < -0.4 is 10.9 Å². The number of nitrogens with zero attached hydrogens (tertiary/aromatic N) is 2. The van der Waals surface area contributed by atoms with Crippen molar-refractivity contribution in [2.75, 3.05) is 13.2 Å². The Morgan fingerprint density at radius 3 is 2.71 bits per heavy atom. The van der Waals surface area contributed by atoms with E-state index >= 15 is 0 Å². The van der Waals surface area contributed by atoms with Gasteiger partial charge in [-0.2, -0.15) is 5.10 Å². The van der Waals surface area contributed by atoms with E-state index in [1.165, 1.54) is 12.8 Å². The number of fused-ring (bicyclic) bond motifs is 1. The Balaban J connectivity index is 1.40. The fourth-order valence-electron chi connectivity index (χ4n) is 4.33. The molecule has 3 aliphatic rings. The zero-order chi connectivity index (χ0) is 16.5. The van der Waals surface area contributed by atoms with Crippen LogP contribution in [-0.2, 0) is 17.6 Å². The zero-order valence-electron chi connectivity index (χ0n) is 14.1. The van der Waals surface area contributed by atoms with Gasteiger partial charge in [-0.15, -0.1) is 0 Å². The van der Waals surface area contributed by atoms with Crippen LogP contribution in [0.1, 0.15) is 55.8 Å². The second-order valence-electron chi connectivity index (χ2n) is 7.49. The highest BCUT2D eigenvalue weighted by Gasteiger charge is 2.31. The summed E-state index contributed by atoms with van der Waals surface area (Å²) in [4.78, 5) is 12.4. The van der Waals surface area contributed by atoms with Crippen molar-refractivity contribution in [3.8, 4) is 0 Å². The predicted octanol–water partition coefficient (Wildman–Crippen LogP) is 0.955. The molecule has 2 aliphatic carbocycles. The van der Waals surface area contributed by atoms with E-state index in [4.69, 9.17) is 9.84 Å². The first-order valence-electron chi connectivity index (χ1n) is 9.34. The van der Waals surface area contributed by atoms with E-state index in [9.17, 15) is 9.90 Å². The van der Waals surface area contributed by atoms with Crippen molar-refractivity contribution in [3.63, 3.8) is 0 Å². The number of ether oxygens (including phenoxy) is 1. The Bertz CT molecular complexity index is 637. The van der Waals surface area contributed by atoms with Gasteiger partial charge in [-0.3, -0.25) is 4.79 Å². The molecule has 0 bridgehead atoms. The molecule has 4 rings (SSSR count). The number of hydrogen-bond donors (Lipinski definition) is 2. The predicted molar refractivity (Wildman–Crippen MR) is 90.2 cm³/mol. The lowest BCUT2D eigenvalue weighted by Gasteiger charge is -2.32. The molecular formula is C18H27N3O3. The molecule has 6 heteroatoms. The molecule has 1 aromatic heterocycles. The number of rotatable bonds is 3. The lowest BCUT2D eigenvalue weighted by atomic mass is 9.90. The van der Waals surface area contributed by atoms with E-state index in [1.54, 1.807) is 4.68 Å². The van der Waals surface area contributed by atoms with Gasteiger partial charge in [0, 0.05) is 12.1 Å². The standard InChI is InChI=1S/C18H27N3O3/c22-17-11-24-10-16(17)19-13-5-7-14(8-6-13)21-18(23)9-12-3-1-2-4-15(12)20-21/h9,13-14,16-17,19,22H,1-8,10-11H2. The normalized spacial score (nSPS) is 33.4. The van der Waals surface area contributed by atoms with Gasteiger partial charge in [0.1, 0.15) is 0 Å². The van der Waals surface area contributed by atoms with Crippen LogP contribution in [0.25, 0.3) is 0 Å². The Morgan fingerprint density at radius 1 is 1.17 bits per heavy atom. The average molecular weight is 333 g/mol. The third kappa shape index (κ3) is 3.27. The Labute approximate surface area is 142 Å². The van der Waals surface area contributed by atoms with E-state index in [0.29, 0.717) is 19.3 Å². The molecule has 0 spiro atoms. The molecule has 1 saturated heterocycles. The number of aliphatic hydroxyl groups is 1. The van der Waals surface area contributed by atoms with Crippen molar-refractivity contribution in [3.05, 3.63) is 27.7 Å². The highest BCUT2D eigenvalue weighted by molar-refractivity contribution is 5.20. The Morgan fingerprint density at radius 2 is 1.96 bits per heavy atom. The summed E-state index contributed by atoms with van der Waals surface area (Å²) in [5.41, 5.74) is 2.35. The number of aromatic nitrogens is 2. The molecule has 24 heavy (non-hydrogen) atoms. The molecule has 2 N–H and O–H groups in total. The smallest absolute Gasteiger partial charge is 0.267 e. The molecule has 2 heterocycles. The summed E-state index contributed by atoms with van der Waals surface area (Å²) < 4.78 is 7.05. The fourth-order valence-corrected chi connectivity index (χ4v) is 4.33. The Kier molecular flexibility index (Phi) is 4.70. The molecule has 2 unspecified atom stereocenters. The van der Waals surface area contributed by atoms with Gasteiger partial charge >= 0.3 is 0 Å². The van der Waals surface area contributed by atoms with Crippen molar-refractivity contribution in [1.82, 2.24) is 15.1 Å². The molecule has 132 valence electrons. The van der Waals surface area contributed by atoms with Gasteiger partial charge < -0.3 is 15.2 Å². The van der Waals surface area contributed by atoms with Crippen LogP contribution in [0.5, 0.6) is 0 Å². The van der Waals surface area contributed by atoms with Crippen LogP contribution in [0.2, 0.25) is 0 Å². The van der Waals surface area contributed by atoms with E-state index in [0.717, 1.165) is 49.8 Å². The van der Waals surface area contributed by atoms with Gasteiger partial charge in [-0.25, -0.2) is 4.68 Å². The van der Waals surface area contributed by atoms with Crippen LogP contribution in [0.15, 0.2) is 10.9 Å². The Hall–Kier alpha value is -1.24. The molecule has 1 aromatic rings. The first-order valence-corrected chi connectivity index (χ1v) is 9.34. The highest BCUT2D eigenvalue weighted by Crippen LogP contribution is 2.28. The number of hydrogen-bond acceptors (Lipinski definition) is 5. The second kappa shape index (κ2) is 6.94. The topological polar surface area (TPSA) is 76.4 Å². The van der Waals surface area contributed by atoms with Crippen molar-refractivity contribution >= 4 is 0 Å². The SMILES string of the molecule is O=c1cc2c(nn1C1CCC(NC3COCC3O)CC1)CCCC2. The molecular weight excluding hydrogens is 306 g/mol. The third-order valence-corrected chi connectivity index (χ3v) is 5.78. The summed E-state index contributed by atoms with van der Waals surface area (Å²) in [6, 6.07) is 2.48. The lowest BCUT2D eigenvalue weighted by Crippen LogP contribution is -2.46. The van der Waals surface area contributed by atoms with Gasteiger partial charge in [0.2, 0.25) is 0 Å². The largest absolute Gasteiger partial charge is 0.389 e. The van der Waals surface area contributed by atoms with E-state index in [1.807, 2.05) is 6.07 Å². The van der Waals surface area contributed by atoms with Crippen LogP contribution in [0.3, 0.4) is 0 Å². The van der Waals surface area contributed by atoms with Crippen LogP contribution >= 0.6 is 0 Å². The average Bonchev–Trinajstić information content (AvgIpc) is 3.00. The first-order chi connectivity index (χ1) is 11.7. The maximum atomic E-state index is 12.4. The third-order valence-electron chi connectivity index (χ3n) is 5.78. The minimum Gasteiger partial charge on any atom is -0.389 e. The summed E-state index contributed by atoms with van der Waals surface area (Å²) >= 11 is 0. The molecule has 2 atom stereocenters. The monoisotopic (exact) mass is 333 g/mol. The number of aryl methyl sites for hydroxylation is 2. The summed E-state index contributed by atoms with van der Waals surface area (Å²) in [7, 11) is 0. The molecule has 1 saturated carbocycles. The quantitative estimate of drug-likeness (QED) is 0.861. The summed E-state index contributed by atoms with van der Waals surface area (Å²) in [5, 5.41) is 18.1. The molecule has 6 nitrogen and oxygen atoms in total. The lowest BCUT2D eigenvalue weighted by molar-refractivity contribution is 0.119. The molecule has 0 amide bonds. The maximum absolute atomic E-state index is 12.4. The fraction of sp³-hybridized carbons (Fsp3) is 0.778. The van der Waals surface area contributed by atoms with Crippen LogP contribution in [-0.4, -0.2) is 46.3 Å². The minimum atomic E-state index is -0.396. The van der Waals surface area contributed by atoms with Gasteiger partial charge in [0.15, 0.2) is 0 Å². The van der Waals surface area contributed by atoms with Gasteiger partial charge in [0.05, 0.1) is 37.1 Å². The highest BCUT2D eigenvalue weighted by atomic mass is 16.5. The van der Waals surface area contributed by atoms with Gasteiger partial charge in [-0.05, 0) is 56.9 Å². The van der Waals surface area contributed by atoms with Crippen molar-refractivity contribution in [1.29, 1.82) is 0 Å². The summed E-state index contributed by atoms with van der Waals surface area (Å²) in [6.07, 6.45) is 7.92. The van der Waals surface area contributed by atoms with Crippen LogP contribution in [0.4, 0.5) is 0 Å². The van der Waals surface area contributed by atoms with Gasteiger partial charge in [-0.1, -0.05) is 0 Å². The first kappa shape index (κ1) is 16.2. The number of aliphatic hydroxyl groups excluding tert-OH is 1. The van der Waals surface area contributed by atoms with Crippen molar-refractivity contribution in [2.45, 2.75) is 75.6 Å². The van der Waals surface area contributed by atoms with Crippen molar-refractivity contribution < 1.29 is 9.84 Å². The van der Waals surface area contributed by atoms with Crippen LogP contribution in [0, 0.1) is 0 Å². The van der Waals surface area contributed by atoms with E-state index < -0.39 is 6.10 Å². The van der Waals surface area contributed by atoms with E-state index in [-0.39, 0.29) is 17.6 Å². The summed E-state index contributed by atoms with van der Waals surface area (Å²) in [5.74, 6) is 0. The minimum absolute atomic E-state index is 0.0520. The molecule has 2 fully saturated rings. The second-order valence-corrected chi connectivity index (χ2v) is 7.49. The molecule has 0 radical (unpaired) electrons. The zero-order valence-corrected chi connectivity index (χ0v) is 14.1. The molecule has 1 aliphatic heterocycles. The van der Waals surface area contributed by atoms with Gasteiger partial charge in [0.25, 0.3) is 5.56 Å². The number of nitrogens with one attached hydrogen (secondary N) is 1. The molecule has 0 aromatic carbocycles. The van der Waals surface area contributed by atoms with E-state index in [2.05, 4.69) is 5.32 Å². The summed E-state index contributed by atoms with van der Waals surface area (Å²) in [6.45, 7) is 1.02. The maximum Gasteiger partial charge on any atom is 0.267 e.